The number of carbonyl (C=O) groups is 3. The molecule has 0 amide bonds. The van der Waals surface area contributed by atoms with Crippen LogP contribution in [0.5, 0.6) is 0 Å². The first kappa shape index (κ1) is 25.2. The van der Waals surface area contributed by atoms with Gasteiger partial charge in [0, 0.05) is 25.3 Å². The zero-order valence-corrected chi connectivity index (χ0v) is 19.3. The molecule has 0 spiro atoms. The molecule has 0 bridgehead atoms. The molecule has 1 aliphatic carbocycles. The van der Waals surface area contributed by atoms with Gasteiger partial charge in [0.2, 0.25) is 0 Å². The van der Waals surface area contributed by atoms with E-state index in [4.69, 9.17) is 30.5 Å². The Morgan fingerprint density at radius 3 is 2.23 bits per heavy atom. The molecule has 9 heteroatoms. The van der Waals surface area contributed by atoms with Gasteiger partial charge in [-0.05, 0) is 23.5 Å². The number of halogens is 1. The third-order valence-electron chi connectivity index (χ3n) is 4.99. The minimum atomic E-state index is -1.78. The summed E-state index contributed by atoms with van der Waals surface area (Å²) >= 11 is 6.14. The number of ether oxygens (including phenoxy) is 4. The van der Waals surface area contributed by atoms with Crippen molar-refractivity contribution in [3.63, 3.8) is 0 Å². The topological polar surface area (TPSA) is 108 Å². The Bertz CT molecular complexity index is 757. The first-order valence-electron chi connectivity index (χ1n) is 10.3. The van der Waals surface area contributed by atoms with Crippen LogP contribution in [0.15, 0.2) is 23.5 Å². The van der Waals surface area contributed by atoms with E-state index in [1.54, 1.807) is 6.08 Å². The maximum atomic E-state index is 12.3. The average molecular weight is 459 g/mol. The molecule has 2 rings (SSSR count). The van der Waals surface area contributed by atoms with Crippen molar-refractivity contribution >= 4 is 29.5 Å². The number of fused-ring (bicyclic) bond motifs is 1. The molecule has 174 valence electrons. The van der Waals surface area contributed by atoms with Crippen molar-refractivity contribution in [2.24, 2.45) is 17.8 Å². The molecule has 1 aliphatic heterocycles. The van der Waals surface area contributed by atoms with Gasteiger partial charge in [0.05, 0.1) is 18.1 Å². The number of hydrogen-bond acceptors (Lipinski definition) is 8. The minimum absolute atomic E-state index is 0.0698. The Hall–Kier alpha value is -2.06. The van der Waals surface area contributed by atoms with Gasteiger partial charge in [0.1, 0.15) is 12.2 Å². The van der Waals surface area contributed by atoms with Gasteiger partial charge in [-0.1, -0.05) is 27.7 Å². The summed E-state index contributed by atoms with van der Waals surface area (Å²) in [6, 6.07) is 0. The van der Waals surface area contributed by atoms with Gasteiger partial charge >= 0.3 is 17.9 Å². The molecule has 0 unspecified atom stereocenters. The Kier molecular flexibility index (Phi) is 8.54. The summed E-state index contributed by atoms with van der Waals surface area (Å²) in [6.45, 7) is 8.66. The molecule has 0 fully saturated rings. The van der Waals surface area contributed by atoms with E-state index in [0.29, 0.717) is 11.1 Å². The molecule has 4 atom stereocenters. The van der Waals surface area contributed by atoms with Crippen LogP contribution in [0.25, 0.3) is 0 Å². The fourth-order valence-electron chi connectivity index (χ4n) is 3.56. The Labute approximate surface area is 187 Å². The van der Waals surface area contributed by atoms with E-state index in [1.165, 1.54) is 13.2 Å². The highest BCUT2D eigenvalue weighted by Gasteiger charge is 2.58. The smallest absolute Gasteiger partial charge is 0.309 e. The lowest BCUT2D eigenvalue weighted by atomic mass is 9.82. The summed E-state index contributed by atoms with van der Waals surface area (Å²) in [6.07, 6.45) is 0.975. The first-order valence-corrected chi connectivity index (χ1v) is 10.9. The predicted octanol–water partition coefficient (Wildman–Crippen LogP) is 2.86. The minimum Gasteiger partial charge on any atom is -0.461 e. The first-order chi connectivity index (χ1) is 14.5. The van der Waals surface area contributed by atoms with Crippen LogP contribution in [-0.4, -0.2) is 53.5 Å². The summed E-state index contributed by atoms with van der Waals surface area (Å²) in [5.74, 6) is -2.56. The fourth-order valence-corrected chi connectivity index (χ4v) is 3.88. The second-order valence-electron chi connectivity index (χ2n) is 8.75. The third-order valence-corrected chi connectivity index (χ3v) is 5.41. The summed E-state index contributed by atoms with van der Waals surface area (Å²) in [7, 11) is 0. The van der Waals surface area contributed by atoms with Gasteiger partial charge < -0.3 is 24.1 Å². The summed E-state index contributed by atoms with van der Waals surface area (Å²) in [4.78, 5) is 35.8. The molecule has 31 heavy (non-hydrogen) atoms. The lowest BCUT2D eigenvalue weighted by Gasteiger charge is -2.39. The van der Waals surface area contributed by atoms with Crippen LogP contribution in [0.2, 0.25) is 0 Å². The summed E-state index contributed by atoms with van der Waals surface area (Å²) in [5, 5.41) is 11.4. The van der Waals surface area contributed by atoms with Crippen molar-refractivity contribution in [1.82, 2.24) is 0 Å². The number of rotatable bonds is 9. The van der Waals surface area contributed by atoms with E-state index in [-0.39, 0.29) is 37.2 Å². The SMILES string of the molecule is CC(=O)OCC1=CO[C@@H](OC(=O)CC(C)C)[C@H]2C1=C[C@@H](OC(=O)CC(C)C)[C@@]2(O)CCl. The highest BCUT2D eigenvalue weighted by atomic mass is 35.5. The number of esters is 3. The number of hydrogen-bond donors (Lipinski definition) is 1. The molecule has 0 aromatic heterocycles. The maximum Gasteiger partial charge on any atom is 0.309 e. The normalized spacial score (nSPS) is 27.2. The van der Waals surface area contributed by atoms with Crippen LogP contribution in [0.3, 0.4) is 0 Å². The van der Waals surface area contributed by atoms with Crippen molar-refractivity contribution < 1.29 is 38.4 Å². The second kappa shape index (κ2) is 10.5. The van der Waals surface area contributed by atoms with E-state index in [0.717, 1.165) is 0 Å². The van der Waals surface area contributed by atoms with Gasteiger partial charge in [-0.2, -0.15) is 0 Å². The third kappa shape index (κ3) is 6.23. The Morgan fingerprint density at radius 2 is 1.71 bits per heavy atom. The van der Waals surface area contributed by atoms with Crippen molar-refractivity contribution in [3.05, 3.63) is 23.5 Å². The van der Waals surface area contributed by atoms with Gasteiger partial charge in [0.25, 0.3) is 6.29 Å². The van der Waals surface area contributed by atoms with E-state index in [1.807, 2.05) is 27.7 Å². The van der Waals surface area contributed by atoms with Crippen molar-refractivity contribution in [3.8, 4) is 0 Å². The standard InChI is InChI=1S/C22H31ClO8/c1-12(2)6-18(25)30-17-8-16-15(9-28-14(5)24)10-29-21(20(16)22(17,27)11-23)31-19(26)7-13(3)4/h8,10,12-13,17,20-21,27H,6-7,9,11H2,1-5H3/t17-,20-,21+,22+/m1/s1. The Balaban J connectivity index is 2.35. The van der Waals surface area contributed by atoms with E-state index in [2.05, 4.69) is 0 Å². The molecule has 0 saturated heterocycles. The molecule has 0 radical (unpaired) electrons. The fraction of sp³-hybridized carbons (Fsp3) is 0.682. The van der Waals surface area contributed by atoms with Crippen LogP contribution < -0.4 is 0 Å². The van der Waals surface area contributed by atoms with Gasteiger partial charge in [-0.15, -0.1) is 11.6 Å². The zero-order valence-electron chi connectivity index (χ0n) is 18.6. The second-order valence-corrected chi connectivity index (χ2v) is 9.02. The van der Waals surface area contributed by atoms with Crippen LogP contribution in [0.1, 0.15) is 47.5 Å². The van der Waals surface area contributed by atoms with Gasteiger partial charge in [0.15, 0.2) is 6.10 Å². The predicted molar refractivity (Wildman–Crippen MR) is 112 cm³/mol. The summed E-state index contributed by atoms with van der Waals surface area (Å²) < 4.78 is 21.7. The van der Waals surface area contributed by atoms with Crippen LogP contribution >= 0.6 is 11.6 Å². The highest BCUT2D eigenvalue weighted by molar-refractivity contribution is 6.18. The van der Waals surface area contributed by atoms with E-state index in [9.17, 15) is 19.5 Å². The van der Waals surface area contributed by atoms with Crippen molar-refractivity contribution in [2.75, 3.05) is 12.5 Å². The molecule has 8 nitrogen and oxygen atoms in total. The molecule has 0 saturated carbocycles. The van der Waals surface area contributed by atoms with Gasteiger partial charge in [-0.3, -0.25) is 14.4 Å². The molecule has 0 aromatic rings. The molecular weight excluding hydrogens is 428 g/mol. The monoisotopic (exact) mass is 458 g/mol. The lowest BCUT2D eigenvalue weighted by Crippen LogP contribution is -2.54. The molecule has 2 aliphatic rings. The van der Waals surface area contributed by atoms with Gasteiger partial charge in [-0.25, -0.2) is 0 Å². The summed E-state index contributed by atoms with van der Waals surface area (Å²) in [5.41, 5.74) is -0.815. The quantitative estimate of drug-likeness (QED) is 0.319. The zero-order chi connectivity index (χ0) is 23.3. The van der Waals surface area contributed by atoms with Crippen LogP contribution in [0, 0.1) is 17.8 Å². The lowest BCUT2D eigenvalue weighted by molar-refractivity contribution is -0.203. The number of alkyl halides is 1. The number of aliphatic hydroxyl groups is 1. The van der Waals surface area contributed by atoms with Crippen molar-refractivity contribution in [1.29, 1.82) is 0 Å². The van der Waals surface area contributed by atoms with Crippen molar-refractivity contribution in [2.45, 2.75) is 65.5 Å². The molecular formula is C22H31ClO8. The molecule has 1 N–H and O–H groups in total. The van der Waals surface area contributed by atoms with Crippen LogP contribution in [0.4, 0.5) is 0 Å². The Morgan fingerprint density at radius 1 is 1.13 bits per heavy atom. The largest absolute Gasteiger partial charge is 0.461 e. The molecule has 0 aromatic carbocycles. The highest BCUT2D eigenvalue weighted by Crippen LogP contribution is 2.47. The van der Waals surface area contributed by atoms with Crippen LogP contribution in [-0.2, 0) is 33.3 Å². The molecule has 1 heterocycles. The number of carbonyl (C=O) groups excluding carboxylic acids is 3. The average Bonchev–Trinajstić information content (AvgIpc) is 2.93. The van der Waals surface area contributed by atoms with E-state index >= 15 is 0 Å². The van der Waals surface area contributed by atoms with E-state index < -0.39 is 41.8 Å². The maximum absolute atomic E-state index is 12.3.